The highest BCUT2D eigenvalue weighted by Gasteiger charge is 2.47. The van der Waals surface area contributed by atoms with Crippen molar-refractivity contribution in [1.29, 1.82) is 0 Å². The molecule has 40 heavy (non-hydrogen) atoms. The zero-order valence-electron chi connectivity index (χ0n) is 21.3. The van der Waals surface area contributed by atoms with Crippen LogP contribution >= 0.6 is 23.2 Å². The van der Waals surface area contributed by atoms with E-state index in [1.165, 1.54) is 24.5 Å². The number of aliphatic hydroxyl groups excluding tert-OH is 2. The predicted molar refractivity (Wildman–Crippen MR) is 151 cm³/mol. The summed E-state index contributed by atoms with van der Waals surface area (Å²) in [6.07, 6.45) is -2.62. The molecule has 4 N–H and O–H groups in total. The predicted octanol–water partition coefficient (Wildman–Crippen LogP) is 3.73. The van der Waals surface area contributed by atoms with Crippen LogP contribution in [0.15, 0.2) is 90.0 Å². The van der Waals surface area contributed by atoms with Crippen molar-refractivity contribution in [2.45, 2.75) is 42.5 Å². The van der Waals surface area contributed by atoms with Gasteiger partial charge in [-0.2, -0.15) is 0 Å². The maximum Gasteiger partial charge on any atom is 0.251 e. The molecule has 3 aromatic rings. The van der Waals surface area contributed by atoms with E-state index in [1.54, 1.807) is 31.2 Å². The van der Waals surface area contributed by atoms with E-state index in [0.717, 1.165) is 11.1 Å². The fourth-order valence-corrected chi connectivity index (χ4v) is 6.06. The molecule has 12 heteroatoms. The molecule has 9 nitrogen and oxygen atoms in total. The Labute approximate surface area is 242 Å². The zero-order chi connectivity index (χ0) is 28.9. The van der Waals surface area contributed by atoms with Crippen LogP contribution in [-0.4, -0.2) is 61.7 Å². The van der Waals surface area contributed by atoms with E-state index in [4.69, 9.17) is 32.7 Å². The molecular formula is C28H28Cl2N2O7S. The first-order valence-electron chi connectivity index (χ1n) is 12.3. The van der Waals surface area contributed by atoms with E-state index in [0.29, 0.717) is 5.56 Å². The quantitative estimate of drug-likeness (QED) is 0.273. The SMILES string of the molecule is CC=CO[C@H]1[C@H](O)[C@@H](CNS(=O)(=O)c2cccc(Cl)c2Cl)O[C@H](O)[C@H]1NC(=O)c1cccc(-c2ccccc2)c1. The van der Waals surface area contributed by atoms with E-state index in [9.17, 15) is 23.4 Å². The van der Waals surface area contributed by atoms with E-state index < -0.39 is 53.1 Å². The topological polar surface area (TPSA) is 134 Å². The number of halogens is 2. The van der Waals surface area contributed by atoms with Crippen molar-refractivity contribution in [2.75, 3.05) is 6.54 Å². The minimum Gasteiger partial charge on any atom is -0.493 e. The second-order valence-corrected chi connectivity index (χ2v) is 11.5. The zero-order valence-corrected chi connectivity index (χ0v) is 23.6. The van der Waals surface area contributed by atoms with Crippen molar-refractivity contribution in [3.8, 4) is 11.1 Å². The molecule has 1 aliphatic rings. The number of hydrogen-bond acceptors (Lipinski definition) is 7. The number of sulfonamides is 1. The van der Waals surface area contributed by atoms with Gasteiger partial charge in [0.25, 0.3) is 5.91 Å². The van der Waals surface area contributed by atoms with Crippen LogP contribution in [0.1, 0.15) is 17.3 Å². The lowest BCUT2D eigenvalue weighted by atomic mass is 9.96. The van der Waals surface area contributed by atoms with Gasteiger partial charge in [0.15, 0.2) is 12.4 Å². The van der Waals surface area contributed by atoms with Crippen LogP contribution in [0.25, 0.3) is 11.1 Å². The third kappa shape index (κ3) is 6.84. The number of aliphatic hydroxyl groups is 2. The van der Waals surface area contributed by atoms with E-state index >= 15 is 0 Å². The Balaban J connectivity index is 1.50. The highest BCUT2D eigenvalue weighted by atomic mass is 35.5. The smallest absolute Gasteiger partial charge is 0.251 e. The molecule has 212 valence electrons. The largest absolute Gasteiger partial charge is 0.493 e. The van der Waals surface area contributed by atoms with Crippen LogP contribution in [0.3, 0.4) is 0 Å². The molecule has 1 fully saturated rings. The van der Waals surface area contributed by atoms with Crippen LogP contribution in [0.5, 0.6) is 0 Å². The van der Waals surface area contributed by atoms with Crippen molar-refractivity contribution in [1.82, 2.24) is 10.0 Å². The van der Waals surface area contributed by atoms with E-state index in [1.807, 2.05) is 36.4 Å². The summed E-state index contributed by atoms with van der Waals surface area (Å²) in [6, 6.07) is 19.4. The molecule has 5 atom stereocenters. The van der Waals surface area contributed by atoms with Crippen LogP contribution in [0.4, 0.5) is 0 Å². The second kappa shape index (κ2) is 13.1. The first kappa shape index (κ1) is 30.0. The number of allylic oxidation sites excluding steroid dienone is 1. The molecule has 0 saturated carbocycles. The summed E-state index contributed by atoms with van der Waals surface area (Å²) in [5, 5.41) is 24.5. The standard InChI is InChI=1S/C28H28Cl2N2O7S/c1-2-14-38-26-24(32-27(34)19-11-6-10-18(15-19)17-8-4-3-5-9-17)28(35)39-21(25(26)33)16-31-40(36,37)22-13-7-12-20(29)23(22)30/h2-15,21,24-26,28,31,33,35H,16H2,1H3,(H,32,34)/t21-,24+,25-,26-,28+/m1/s1. The third-order valence-electron chi connectivity index (χ3n) is 6.27. The molecule has 0 bridgehead atoms. The monoisotopic (exact) mass is 606 g/mol. The molecule has 0 radical (unpaired) electrons. The highest BCUT2D eigenvalue weighted by Crippen LogP contribution is 2.29. The maximum absolute atomic E-state index is 13.2. The molecule has 1 saturated heterocycles. The molecular weight excluding hydrogens is 579 g/mol. The Morgan fingerprint density at radius 2 is 1.73 bits per heavy atom. The molecule has 0 spiro atoms. The van der Waals surface area contributed by atoms with Gasteiger partial charge in [0.05, 0.1) is 16.3 Å². The molecule has 1 amide bonds. The number of amides is 1. The summed E-state index contributed by atoms with van der Waals surface area (Å²) in [7, 11) is -4.15. The van der Waals surface area contributed by atoms with Crippen LogP contribution in [0.2, 0.25) is 10.0 Å². The first-order valence-corrected chi connectivity index (χ1v) is 14.5. The van der Waals surface area contributed by atoms with Crippen LogP contribution in [-0.2, 0) is 19.5 Å². The van der Waals surface area contributed by atoms with E-state index in [-0.39, 0.29) is 14.9 Å². The van der Waals surface area contributed by atoms with Gasteiger partial charge in [-0.15, -0.1) is 0 Å². The maximum atomic E-state index is 13.2. The lowest BCUT2D eigenvalue weighted by molar-refractivity contribution is -0.244. The lowest BCUT2D eigenvalue weighted by Gasteiger charge is -2.42. The Morgan fingerprint density at radius 1 is 1.02 bits per heavy atom. The Morgan fingerprint density at radius 3 is 2.45 bits per heavy atom. The number of nitrogens with one attached hydrogen (secondary N) is 2. The van der Waals surface area contributed by atoms with Gasteiger partial charge in [-0.05, 0) is 42.3 Å². The van der Waals surface area contributed by atoms with Crippen molar-refractivity contribution < 1.29 is 32.9 Å². The third-order valence-corrected chi connectivity index (χ3v) is 8.67. The molecule has 0 unspecified atom stereocenters. The molecule has 1 heterocycles. The number of benzene rings is 3. The van der Waals surface area contributed by atoms with Crippen LogP contribution < -0.4 is 10.0 Å². The van der Waals surface area contributed by atoms with Gasteiger partial charge >= 0.3 is 0 Å². The molecule has 4 rings (SSSR count). The summed E-state index contributed by atoms with van der Waals surface area (Å²) >= 11 is 12.0. The average Bonchev–Trinajstić information content (AvgIpc) is 2.95. The van der Waals surface area contributed by atoms with Gasteiger partial charge in [0, 0.05) is 12.1 Å². The van der Waals surface area contributed by atoms with E-state index in [2.05, 4.69) is 10.0 Å². The number of rotatable bonds is 9. The van der Waals surface area contributed by atoms with Crippen molar-refractivity contribution in [2.24, 2.45) is 0 Å². The van der Waals surface area contributed by atoms with Gasteiger partial charge in [0.2, 0.25) is 10.0 Å². The fraction of sp³-hybridized carbons (Fsp3) is 0.250. The fourth-order valence-electron chi connectivity index (χ4n) is 4.25. The second-order valence-electron chi connectivity index (χ2n) is 8.98. The van der Waals surface area contributed by atoms with Crippen molar-refractivity contribution in [3.05, 3.63) is 101 Å². The highest BCUT2D eigenvalue weighted by molar-refractivity contribution is 7.89. The van der Waals surface area contributed by atoms with Crippen molar-refractivity contribution in [3.63, 3.8) is 0 Å². The normalized spacial score (nSPS) is 23.2. The van der Waals surface area contributed by atoms with Crippen molar-refractivity contribution >= 4 is 39.1 Å². The summed E-state index contributed by atoms with van der Waals surface area (Å²) < 4.78 is 39.2. The van der Waals surface area contributed by atoms with Gasteiger partial charge < -0.3 is 25.0 Å². The van der Waals surface area contributed by atoms with Gasteiger partial charge in [0.1, 0.15) is 23.1 Å². The summed E-state index contributed by atoms with van der Waals surface area (Å²) in [5.74, 6) is -0.526. The minimum absolute atomic E-state index is 0.0571. The number of hydrogen-bond donors (Lipinski definition) is 4. The lowest BCUT2D eigenvalue weighted by Crippen LogP contribution is -2.65. The van der Waals surface area contributed by atoms with Gasteiger partial charge in [-0.25, -0.2) is 13.1 Å². The molecule has 3 aromatic carbocycles. The van der Waals surface area contributed by atoms with Gasteiger partial charge in [-0.1, -0.05) is 77.8 Å². The summed E-state index contributed by atoms with van der Waals surface area (Å²) in [5.41, 5.74) is 2.07. The number of carbonyl (C=O) groups is 1. The molecule has 0 aromatic heterocycles. The number of ether oxygens (including phenoxy) is 2. The van der Waals surface area contributed by atoms with Crippen LogP contribution in [0, 0.1) is 0 Å². The summed E-state index contributed by atoms with van der Waals surface area (Å²) in [4.78, 5) is 12.9. The summed E-state index contributed by atoms with van der Waals surface area (Å²) in [6.45, 7) is 1.25. The molecule has 1 aliphatic heterocycles. The van der Waals surface area contributed by atoms with Gasteiger partial charge in [-0.3, -0.25) is 4.79 Å². The Bertz CT molecular complexity index is 1470. The first-order chi connectivity index (χ1) is 19.1. The Kier molecular flexibility index (Phi) is 9.85. The Hall–Kier alpha value is -2.96. The average molecular weight is 608 g/mol. The number of carbonyl (C=O) groups excluding carboxylic acids is 1. The molecule has 0 aliphatic carbocycles. The minimum atomic E-state index is -4.15.